The highest BCUT2D eigenvalue weighted by atomic mass is 35.5. The fraction of sp³-hybridized carbons (Fsp3) is 0.462. The van der Waals surface area contributed by atoms with Crippen LogP contribution in [0.1, 0.15) is 23.6 Å². The molecule has 0 aromatic heterocycles. The van der Waals surface area contributed by atoms with E-state index in [4.69, 9.17) is 11.6 Å². The number of carbonyl (C=O) groups excluding carboxylic acids is 1. The maximum absolute atomic E-state index is 11.4. The zero-order valence-corrected chi connectivity index (χ0v) is 10.3. The van der Waals surface area contributed by atoms with Crippen LogP contribution in [0.15, 0.2) is 24.3 Å². The Balaban J connectivity index is 2.27. The van der Waals surface area contributed by atoms with E-state index >= 15 is 0 Å². The third-order valence-electron chi connectivity index (χ3n) is 3.32. The van der Waals surface area contributed by atoms with Crippen molar-refractivity contribution in [1.29, 1.82) is 0 Å². The van der Waals surface area contributed by atoms with Crippen LogP contribution in [-0.4, -0.2) is 23.5 Å². The van der Waals surface area contributed by atoms with Crippen LogP contribution in [0.3, 0.4) is 0 Å². The summed E-state index contributed by atoms with van der Waals surface area (Å²) in [5.41, 5.74) is 2.35. The first kappa shape index (κ1) is 12.4. The van der Waals surface area contributed by atoms with Gasteiger partial charge in [-0.05, 0) is 24.0 Å². The summed E-state index contributed by atoms with van der Waals surface area (Å²) in [5.74, 6) is -0.152. The Bertz CT molecular complexity index is 408. The number of aryl methyl sites for hydroxylation is 1. The number of aliphatic hydroxyl groups is 1. The lowest BCUT2D eigenvalue weighted by Gasteiger charge is -2.33. The van der Waals surface area contributed by atoms with E-state index in [0.29, 0.717) is 0 Å². The number of alkyl halides is 1. The van der Waals surface area contributed by atoms with Gasteiger partial charge in [-0.2, -0.15) is 0 Å². The number of carbonyl (C=O) groups is 1. The van der Waals surface area contributed by atoms with Crippen molar-refractivity contribution in [1.82, 2.24) is 5.32 Å². The topological polar surface area (TPSA) is 49.3 Å². The summed E-state index contributed by atoms with van der Waals surface area (Å²) in [6.07, 6.45) is 1.84. The number of nitrogens with one attached hydrogen (secondary N) is 1. The molecule has 1 aromatic carbocycles. The first-order valence-corrected chi connectivity index (χ1v) is 6.33. The van der Waals surface area contributed by atoms with Crippen LogP contribution in [0.4, 0.5) is 0 Å². The van der Waals surface area contributed by atoms with Crippen LogP contribution in [0.25, 0.3) is 0 Å². The molecule has 0 radical (unpaired) electrons. The Kier molecular flexibility index (Phi) is 4.02. The van der Waals surface area contributed by atoms with Crippen LogP contribution < -0.4 is 5.32 Å². The third-order valence-corrected chi connectivity index (χ3v) is 3.56. The molecule has 2 atom stereocenters. The number of amides is 1. The zero-order valence-electron chi connectivity index (χ0n) is 9.53. The van der Waals surface area contributed by atoms with Gasteiger partial charge in [0.1, 0.15) is 5.88 Å². The van der Waals surface area contributed by atoms with Gasteiger partial charge >= 0.3 is 0 Å². The molecule has 0 saturated carbocycles. The van der Waals surface area contributed by atoms with Gasteiger partial charge in [0.05, 0.1) is 6.04 Å². The average molecular weight is 254 g/mol. The minimum absolute atomic E-state index is 0.0448. The van der Waals surface area contributed by atoms with Crippen molar-refractivity contribution < 1.29 is 9.90 Å². The standard InChI is InChI=1S/C13H16ClNO2/c14-7-12(17)15-13-10(8-16)6-5-9-3-1-2-4-11(9)13/h1-4,10,13,16H,5-8H2,(H,15,17). The molecular formula is C13H16ClNO2. The zero-order chi connectivity index (χ0) is 12.3. The monoisotopic (exact) mass is 253 g/mol. The highest BCUT2D eigenvalue weighted by molar-refractivity contribution is 6.27. The predicted octanol–water partition coefficient (Wildman–Crippen LogP) is 1.64. The molecule has 0 bridgehead atoms. The maximum atomic E-state index is 11.4. The largest absolute Gasteiger partial charge is 0.396 e. The maximum Gasteiger partial charge on any atom is 0.235 e. The minimum Gasteiger partial charge on any atom is -0.396 e. The second-order valence-electron chi connectivity index (χ2n) is 4.36. The quantitative estimate of drug-likeness (QED) is 0.805. The summed E-state index contributed by atoms with van der Waals surface area (Å²) < 4.78 is 0. The highest BCUT2D eigenvalue weighted by Crippen LogP contribution is 2.34. The Morgan fingerprint density at radius 3 is 2.94 bits per heavy atom. The Morgan fingerprint density at radius 2 is 2.24 bits per heavy atom. The molecule has 0 heterocycles. The van der Waals surface area contributed by atoms with E-state index in [-0.39, 0.29) is 30.4 Å². The van der Waals surface area contributed by atoms with Crippen molar-refractivity contribution in [3.05, 3.63) is 35.4 Å². The van der Waals surface area contributed by atoms with E-state index in [1.54, 1.807) is 0 Å². The van der Waals surface area contributed by atoms with Gasteiger partial charge in [0, 0.05) is 12.5 Å². The molecule has 0 spiro atoms. The third kappa shape index (κ3) is 2.61. The predicted molar refractivity (Wildman–Crippen MR) is 66.9 cm³/mol. The smallest absolute Gasteiger partial charge is 0.235 e. The Morgan fingerprint density at radius 1 is 1.47 bits per heavy atom. The van der Waals surface area contributed by atoms with Crippen molar-refractivity contribution in [3.8, 4) is 0 Å². The van der Waals surface area contributed by atoms with Crippen molar-refractivity contribution in [2.24, 2.45) is 5.92 Å². The summed E-state index contributed by atoms with van der Waals surface area (Å²) in [7, 11) is 0. The van der Waals surface area contributed by atoms with Crippen LogP contribution in [0.5, 0.6) is 0 Å². The molecule has 1 aliphatic carbocycles. The first-order chi connectivity index (χ1) is 8.26. The molecule has 1 aliphatic rings. The summed E-state index contributed by atoms with van der Waals surface area (Å²) in [6.45, 7) is 0.0849. The molecule has 92 valence electrons. The second-order valence-corrected chi connectivity index (χ2v) is 4.63. The van der Waals surface area contributed by atoms with Gasteiger partial charge in [0.25, 0.3) is 0 Å². The minimum atomic E-state index is -0.188. The molecule has 4 heteroatoms. The van der Waals surface area contributed by atoms with Gasteiger partial charge < -0.3 is 10.4 Å². The van der Waals surface area contributed by atoms with Crippen LogP contribution in [0.2, 0.25) is 0 Å². The molecule has 2 rings (SSSR count). The molecule has 2 N–H and O–H groups in total. The van der Waals surface area contributed by atoms with E-state index in [2.05, 4.69) is 11.4 Å². The number of hydrogen-bond acceptors (Lipinski definition) is 2. The lowest BCUT2D eigenvalue weighted by atomic mass is 9.80. The molecule has 1 amide bonds. The van der Waals surface area contributed by atoms with E-state index in [1.165, 1.54) is 5.56 Å². The Labute approximate surface area is 106 Å². The van der Waals surface area contributed by atoms with Gasteiger partial charge in [-0.15, -0.1) is 11.6 Å². The molecule has 0 aliphatic heterocycles. The van der Waals surface area contributed by atoms with Gasteiger partial charge in [-0.25, -0.2) is 0 Å². The summed E-state index contributed by atoms with van der Waals surface area (Å²) >= 11 is 5.51. The van der Waals surface area contributed by atoms with Gasteiger partial charge in [0.15, 0.2) is 0 Å². The summed E-state index contributed by atoms with van der Waals surface area (Å²) in [6, 6.07) is 7.92. The van der Waals surface area contributed by atoms with Crippen LogP contribution in [-0.2, 0) is 11.2 Å². The molecule has 0 saturated heterocycles. The van der Waals surface area contributed by atoms with Crippen LogP contribution >= 0.6 is 11.6 Å². The molecule has 2 unspecified atom stereocenters. The molecule has 3 nitrogen and oxygen atoms in total. The lowest BCUT2D eigenvalue weighted by Crippen LogP contribution is -2.38. The van der Waals surface area contributed by atoms with Crippen molar-refractivity contribution in [3.63, 3.8) is 0 Å². The SMILES string of the molecule is O=C(CCl)NC1c2ccccc2CCC1CO. The first-order valence-electron chi connectivity index (χ1n) is 5.80. The number of fused-ring (bicyclic) bond motifs is 1. The van der Waals surface area contributed by atoms with Crippen LogP contribution in [0, 0.1) is 5.92 Å². The molecule has 17 heavy (non-hydrogen) atoms. The molecule has 0 fully saturated rings. The van der Waals surface area contributed by atoms with E-state index in [9.17, 15) is 9.90 Å². The summed E-state index contributed by atoms with van der Waals surface area (Å²) in [5, 5.41) is 12.3. The molecular weight excluding hydrogens is 238 g/mol. The van der Waals surface area contributed by atoms with E-state index in [1.807, 2.05) is 18.2 Å². The van der Waals surface area contributed by atoms with Crippen molar-refractivity contribution in [2.75, 3.05) is 12.5 Å². The van der Waals surface area contributed by atoms with E-state index in [0.717, 1.165) is 18.4 Å². The number of aliphatic hydroxyl groups excluding tert-OH is 1. The molecule has 1 aromatic rings. The second kappa shape index (κ2) is 5.52. The Hall–Kier alpha value is -1.06. The highest BCUT2D eigenvalue weighted by Gasteiger charge is 2.29. The van der Waals surface area contributed by atoms with Crippen molar-refractivity contribution in [2.45, 2.75) is 18.9 Å². The number of hydrogen-bond donors (Lipinski definition) is 2. The number of rotatable bonds is 3. The van der Waals surface area contributed by atoms with E-state index < -0.39 is 0 Å². The number of benzene rings is 1. The summed E-state index contributed by atoms with van der Waals surface area (Å²) in [4.78, 5) is 11.4. The normalized spacial score (nSPS) is 22.9. The van der Waals surface area contributed by atoms with Crippen molar-refractivity contribution >= 4 is 17.5 Å². The lowest BCUT2D eigenvalue weighted by molar-refractivity contribution is -0.120. The fourth-order valence-electron chi connectivity index (χ4n) is 2.43. The van der Waals surface area contributed by atoms with Gasteiger partial charge in [-0.3, -0.25) is 4.79 Å². The van der Waals surface area contributed by atoms with Gasteiger partial charge in [-0.1, -0.05) is 24.3 Å². The number of halogens is 1. The average Bonchev–Trinajstić information content (AvgIpc) is 2.39. The fourth-order valence-corrected chi connectivity index (χ4v) is 2.51. The van der Waals surface area contributed by atoms with Gasteiger partial charge in [0.2, 0.25) is 5.91 Å².